The first-order chi connectivity index (χ1) is 15.8. The molecule has 0 aliphatic rings. The summed E-state index contributed by atoms with van der Waals surface area (Å²) < 4.78 is 1.41. The second-order valence-corrected chi connectivity index (χ2v) is 9.96. The number of anilines is 1. The summed E-state index contributed by atoms with van der Waals surface area (Å²) in [6.45, 7) is 11.1. The van der Waals surface area contributed by atoms with E-state index in [1.54, 1.807) is 19.3 Å². The van der Waals surface area contributed by atoms with E-state index in [9.17, 15) is 9.90 Å². The molecule has 0 aliphatic heterocycles. The van der Waals surface area contributed by atoms with Gasteiger partial charge in [0, 0.05) is 13.2 Å². The van der Waals surface area contributed by atoms with Crippen molar-refractivity contribution in [2.24, 2.45) is 18.4 Å². The van der Waals surface area contributed by atoms with E-state index in [0.29, 0.717) is 11.7 Å². The van der Waals surface area contributed by atoms with Crippen molar-refractivity contribution in [2.45, 2.75) is 125 Å². The molecule has 5 nitrogen and oxygen atoms in total. The molecule has 0 saturated carbocycles. The average Bonchev–Trinajstić information content (AvgIpc) is 2.80. The van der Waals surface area contributed by atoms with Crippen LogP contribution in [0.2, 0.25) is 0 Å². The molecule has 0 spiro atoms. The first-order valence-electron chi connectivity index (χ1n) is 13.5. The molecule has 1 aromatic heterocycles. The highest BCUT2D eigenvalue weighted by molar-refractivity contribution is 5.39. The molecule has 1 heterocycles. The molecule has 0 saturated heterocycles. The Balaban J connectivity index is 3.28. The third kappa shape index (κ3) is 9.54. The van der Waals surface area contributed by atoms with Crippen LogP contribution in [0.1, 0.15) is 125 Å². The zero-order chi connectivity index (χ0) is 24.7. The SMILES string of the molecule is CCCCCCC(CCCCCC)(C(C)=C([O-])Nc1ccn(C)c(=O)n1)C(C)CCCCC. The van der Waals surface area contributed by atoms with Crippen molar-refractivity contribution in [3.05, 3.63) is 34.2 Å². The van der Waals surface area contributed by atoms with Crippen LogP contribution in [0.3, 0.4) is 0 Å². The van der Waals surface area contributed by atoms with E-state index in [-0.39, 0.29) is 17.0 Å². The van der Waals surface area contributed by atoms with Crippen molar-refractivity contribution < 1.29 is 5.11 Å². The number of aromatic nitrogens is 2. The summed E-state index contributed by atoms with van der Waals surface area (Å²) in [5.74, 6) is 0.714. The smallest absolute Gasteiger partial charge is 0.349 e. The molecule has 0 aromatic carbocycles. The summed E-state index contributed by atoms with van der Waals surface area (Å²) in [6, 6.07) is 1.70. The maximum atomic E-state index is 13.5. The quantitative estimate of drug-likeness (QED) is 0.190. The van der Waals surface area contributed by atoms with Gasteiger partial charge in [0.15, 0.2) is 0 Å². The number of aryl methyl sites for hydroxylation is 1. The lowest BCUT2D eigenvalue weighted by molar-refractivity contribution is -0.302. The largest absolute Gasteiger partial charge is 0.860 e. The Labute approximate surface area is 203 Å². The van der Waals surface area contributed by atoms with Gasteiger partial charge in [0.05, 0.1) is 0 Å². The van der Waals surface area contributed by atoms with Gasteiger partial charge in [-0.05, 0) is 49.5 Å². The fraction of sp³-hybridized carbons (Fsp3) is 0.786. The van der Waals surface area contributed by atoms with Crippen molar-refractivity contribution >= 4 is 5.82 Å². The fourth-order valence-corrected chi connectivity index (χ4v) is 5.04. The molecule has 0 amide bonds. The number of unbranched alkanes of at least 4 members (excludes halogenated alkanes) is 8. The predicted molar refractivity (Wildman–Crippen MR) is 139 cm³/mol. The molecule has 1 unspecified atom stereocenters. The number of allylic oxidation sites excluding steroid dienone is 1. The van der Waals surface area contributed by atoms with Gasteiger partial charge in [-0.2, -0.15) is 4.98 Å². The van der Waals surface area contributed by atoms with E-state index in [2.05, 4.69) is 38.0 Å². The molecular formula is C28H50N3O2-. The topological polar surface area (TPSA) is 70.0 Å². The Morgan fingerprint density at radius 1 is 1.00 bits per heavy atom. The van der Waals surface area contributed by atoms with E-state index in [1.807, 2.05) is 6.92 Å². The summed E-state index contributed by atoms with van der Waals surface area (Å²) in [4.78, 5) is 16.0. The van der Waals surface area contributed by atoms with E-state index in [0.717, 1.165) is 37.7 Å². The van der Waals surface area contributed by atoms with E-state index < -0.39 is 0 Å². The molecule has 5 heteroatoms. The number of nitrogens with one attached hydrogen (secondary N) is 1. The number of rotatable bonds is 18. The maximum absolute atomic E-state index is 13.5. The Morgan fingerprint density at radius 3 is 2.06 bits per heavy atom. The van der Waals surface area contributed by atoms with Crippen molar-refractivity contribution in [1.29, 1.82) is 0 Å². The molecule has 1 aromatic rings. The lowest BCUT2D eigenvalue weighted by atomic mass is 9.63. The minimum absolute atomic E-state index is 0.0796. The zero-order valence-corrected chi connectivity index (χ0v) is 22.3. The average molecular weight is 461 g/mol. The standard InChI is InChI=1S/C28H51N3O2/c1-7-10-13-16-20-28(21-17-14-11-8-2,23(4)18-15-12-9-3)24(5)26(32)29-25-19-22-31(6)27(33)30-25/h19,22-23,32H,7-18,20-21H2,1-6H3,(H,29,30,33)/p-1. The van der Waals surface area contributed by atoms with Gasteiger partial charge in [0.1, 0.15) is 5.82 Å². The molecule has 0 radical (unpaired) electrons. The second-order valence-electron chi connectivity index (χ2n) is 9.96. The monoisotopic (exact) mass is 460 g/mol. The lowest BCUT2D eigenvalue weighted by Gasteiger charge is -2.44. The van der Waals surface area contributed by atoms with Crippen LogP contribution in [0, 0.1) is 11.3 Å². The van der Waals surface area contributed by atoms with Crippen LogP contribution < -0.4 is 16.1 Å². The van der Waals surface area contributed by atoms with Gasteiger partial charge >= 0.3 is 5.69 Å². The highest BCUT2D eigenvalue weighted by atomic mass is 16.3. The molecule has 190 valence electrons. The molecule has 0 bridgehead atoms. The third-order valence-electron chi connectivity index (χ3n) is 7.44. The van der Waals surface area contributed by atoms with Crippen molar-refractivity contribution in [2.75, 3.05) is 5.32 Å². The van der Waals surface area contributed by atoms with Crippen LogP contribution in [-0.4, -0.2) is 9.55 Å². The first kappa shape index (κ1) is 29.3. The third-order valence-corrected chi connectivity index (χ3v) is 7.44. The number of hydrogen-bond donors (Lipinski definition) is 1. The normalized spacial score (nSPS) is 13.6. The summed E-state index contributed by atoms with van der Waals surface area (Å²) in [7, 11) is 1.66. The van der Waals surface area contributed by atoms with Gasteiger partial charge in [-0.15, -0.1) is 0 Å². The van der Waals surface area contributed by atoms with Crippen LogP contribution in [0.25, 0.3) is 0 Å². The molecule has 1 rings (SSSR count). The van der Waals surface area contributed by atoms with Gasteiger partial charge in [0.2, 0.25) is 0 Å². The van der Waals surface area contributed by atoms with E-state index >= 15 is 0 Å². The predicted octanol–water partition coefficient (Wildman–Crippen LogP) is 6.93. The summed E-state index contributed by atoms with van der Waals surface area (Å²) >= 11 is 0. The highest BCUT2D eigenvalue weighted by Crippen LogP contribution is 2.48. The molecule has 0 fully saturated rings. The summed E-state index contributed by atoms with van der Waals surface area (Å²) in [5, 5.41) is 16.4. The van der Waals surface area contributed by atoms with E-state index in [4.69, 9.17) is 0 Å². The van der Waals surface area contributed by atoms with Crippen LogP contribution in [0.4, 0.5) is 5.82 Å². The Kier molecular flexibility index (Phi) is 14.1. The Hall–Kier alpha value is -1.78. The Morgan fingerprint density at radius 2 is 1.55 bits per heavy atom. The number of hydrogen-bond acceptors (Lipinski definition) is 4. The Bertz CT molecular complexity index is 742. The maximum Gasteiger partial charge on any atom is 0.349 e. The highest BCUT2D eigenvalue weighted by Gasteiger charge is 2.37. The van der Waals surface area contributed by atoms with Gasteiger partial charge < -0.3 is 15.0 Å². The summed E-state index contributed by atoms with van der Waals surface area (Å²) in [5.41, 5.74) is 0.463. The van der Waals surface area contributed by atoms with E-state index in [1.165, 1.54) is 62.4 Å². The van der Waals surface area contributed by atoms with Crippen molar-refractivity contribution in [3.8, 4) is 0 Å². The molecule has 1 atom stereocenters. The van der Waals surface area contributed by atoms with Crippen molar-refractivity contribution in [3.63, 3.8) is 0 Å². The summed E-state index contributed by atoms with van der Waals surface area (Å²) in [6.07, 6.45) is 18.3. The van der Waals surface area contributed by atoms with Crippen LogP contribution >= 0.6 is 0 Å². The fourth-order valence-electron chi connectivity index (χ4n) is 5.04. The molecule has 0 aliphatic carbocycles. The number of nitrogens with zero attached hydrogens (tertiary/aromatic N) is 2. The second kappa shape index (κ2) is 16.0. The first-order valence-corrected chi connectivity index (χ1v) is 13.5. The zero-order valence-electron chi connectivity index (χ0n) is 22.3. The van der Waals surface area contributed by atoms with Crippen LogP contribution in [0.5, 0.6) is 0 Å². The van der Waals surface area contributed by atoms with Gasteiger partial charge in [-0.3, -0.25) is 0 Å². The van der Waals surface area contributed by atoms with Gasteiger partial charge in [-0.25, -0.2) is 4.79 Å². The molecular weight excluding hydrogens is 410 g/mol. The van der Waals surface area contributed by atoms with Crippen LogP contribution in [-0.2, 0) is 7.05 Å². The van der Waals surface area contributed by atoms with Crippen LogP contribution in [0.15, 0.2) is 28.5 Å². The molecule has 1 N–H and O–H groups in total. The molecule has 33 heavy (non-hydrogen) atoms. The van der Waals surface area contributed by atoms with Gasteiger partial charge in [0.25, 0.3) is 0 Å². The lowest BCUT2D eigenvalue weighted by Crippen LogP contribution is -2.35. The van der Waals surface area contributed by atoms with Gasteiger partial charge in [-0.1, -0.05) is 104 Å². The minimum atomic E-state index is -0.358. The van der Waals surface area contributed by atoms with Crippen molar-refractivity contribution in [1.82, 2.24) is 9.55 Å². The minimum Gasteiger partial charge on any atom is -0.860 e.